The lowest BCUT2D eigenvalue weighted by Gasteiger charge is -2.27. The van der Waals surface area contributed by atoms with Gasteiger partial charge in [-0.15, -0.1) is 0 Å². The topological polar surface area (TPSA) is 21.3 Å². The lowest BCUT2D eigenvalue weighted by molar-refractivity contribution is 0.163. The molecule has 0 heterocycles. The molecule has 1 fully saturated rings. The zero-order valence-corrected chi connectivity index (χ0v) is 12.8. The van der Waals surface area contributed by atoms with Gasteiger partial charge in [0.25, 0.3) is 0 Å². The quantitative estimate of drug-likeness (QED) is 0.738. The van der Waals surface area contributed by atoms with Gasteiger partial charge in [0.05, 0.1) is 0 Å². The summed E-state index contributed by atoms with van der Waals surface area (Å²) < 4.78 is 5.22. The number of hydrogen-bond donors (Lipinski definition) is 1. The maximum absolute atomic E-state index is 5.22. The number of rotatable bonds is 7. The number of methoxy groups -OCH3 is 1. The Hall–Kier alpha value is -0.0800. The van der Waals surface area contributed by atoms with Crippen molar-refractivity contribution in [2.45, 2.75) is 54.0 Å². The second-order valence-corrected chi connectivity index (χ2v) is 6.76. The lowest BCUT2D eigenvalue weighted by Crippen LogP contribution is -2.39. The molecular formula is C15H31NO. The van der Waals surface area contributed by atoms with Crippen molar-refractivity contribution in [1.82, 2.24) is 5.32 Å². The average Bonchev–Trinajstić information content (AvgIpc) is 2.63. The first-order chi connectivity index (χ1) is 7.80. The van der Waals surface area contributed by atoms with Crippen LogP contribution in [0.15, 0.2) is 0 Å². The van der Waals surface area contributed by atoms with Crippen LogP contribution >= 0.6 is 0 Å². The number of hydrogen-bond acceptors (Lipinski definition) is 2. The van der Waals surface area contributed by atoms with Crippen LogP contribution in [-0.2, 0) is 4.74 Å². The predicted octanol–water partition coefficient (Wildman–Crippen LogP) is 3.32. The molecule has 102 valence electrons. The normalized spacial score (nSPS) is 25.6. The molecule has 1 aliphatic carbocycles. The summed E-state index contributed by atoms with van der Waals surface area (Å²) in [7, 11) is 1.79. The highest BCUT2D eigenvalue weighted by Gasteiger charge is 2.67. The van der Waals surface area contributed by atoms with Gasteiger partial charge in [0.2, 0.25) is 0 Å². The van der Waals surface area contributed by atoms with Crippen LogP contribution in [0, 0.1) is 22.7 Å². The van der Waals surface area contributed by atoms with Gasteiger partial charge in [-0.2, -0.15) is 0 Å². The molecule has 2 heteroatoms. The van der Waals surface area contributed by atoms with Gasteiger partial charge in [0.1, 0.15) is 0 Å². The van der Waals surface area contributed by atoms with Crippen molar-refractivity contribution < 1.29 is 4.74 Å². The van der Waals surface area contributed by atoms with Gasteiger partial charge in [-0.3, -0.25) is 0 Å². The summed E-state index contributed by atoms with van der Waals surface area (Å²) in [5, 5.41) is 3.71. The molecule has 1 aliphatic rings. The van der Waals surface area contributed by atoms with Crippen LogP contribution in [-0.4, -0.2) is 26.3 Å². The van der Waals surface area contributed by atoms with E-state index in [1.165, 1.54) is 0 Å². The monoisotopic (exact) mass is 241 g/mol. The van der Waals surface area contributed by atoms with Crippen LogP contribution in [0.4, 0.5) is 0 Å². The highest BCUT2D eigenvalue weighted by molar-refractivity contribution is 5.16. The maximum atomic E-state index is 5.22. The lowest BCUT2D eigenvalue weighted by atomic mass is 9.90. The van der Waals surface area contributed by atoms with Crippen LogP contribution in [0.25, 0.3) is 0 Å². The van der Waals surface area contributed by atoms with E-state index in [1.807, 2.05) is 0 Å². The summed E-state index contributed by atoms with van der Waals surface area (Å²) in [5.41, 5.74) is 0.919. The maximum Gasteiger partial charge on any atom is 0.0465 e. The van der Waals surface area contributed by atoms with Gasteiger partial charge in [-0.05, 0) is 35.6 Å². The van der Waals surface area contributed by atoms with E-state index < -0.39 is 0 Å². The highest BCUT2D eigenvalue weighted by Crippen LogP contribution is 2.70. The third-order valence-electron chi connectivity index (χ3n) is 5.32. The molecule has 1 N–H and O–H groups in total. The summed E-state index contributed by atoms with van der Waals surface area (Å²) in [6, 6.07) is 0.625. The third kappa shape index (κ3) is 2.68. The van der Waals surface area contributed by atoms with Gasteiger partial charge in [0.15, 0.2) is 0 Å². The standard InChI is InChI=1S/C15H31NO/c1-8-16-12(11(2)9-10-17-7)13-14(3,4)15(13,5)6/h11-13,16H,8-10H2,1-7H3. The fraction of sp³-hybridized carbons (Fsp3) is 1.00. The van der Waals surface area contributed by atoms with Crippen molar-refractivity contribution in [2.24, 2.45) is 22.7 Å². The van der Waals surface area contributed by atoms with Crippen LogP contribution < -0.4 is 5.32 Å². The number of nitrogens with one attached hydrogen (secondary N) is 1. The molecule has 2 nitrogen and oxygen atoms in total. The smallest absolute Gasteiger partial charge is 0.0465 e. The first-order valence-electron chi connectivity index (χ1n) is 7.03. The van der Waals surface area contributed by atoms with E-state index in [0.717, 1.165) is 25.5 Å². The van der Waals surface area contributed by atoms with Gasteiger partial charge >= 0.3 is 0 Å². The van der Waals surface area contributed by atoms with Crippen LogP contribution in [0.1, 0.15) is 48.0 Å². The molecule has 0 aliphatic heterocycles. The Balaban J connectivity index is 2.68. The highest BCUT2D eigenvalue weighted by atomic mass is 16.5. The zero-order valence-electron chi connectivity index (χ0n) is 12.8. The van der Waals surface area contributed by atoms with E-state index >= 15 is 0 Å². The molecule has 0 aromatic carbocycles. The summed E-state index contributed by atoms with van der Waals surface area (Å²) in [6.07, 6.45) is 1.15. The van der Waals surface area contributed by atoms with E-state index in [4.69, 9.17) is 4.74 Å². The Bertz CT molecular complexity index is 233. The fourth-order valence-corrected chi connectivity index (χ4v) is 3.51. The van der Waals surface area contributed by atoms with Crippen molar-refractivity contribution in [2.75, 3.05) is 20.3 Å². The summed E-state index contributed by atoms with van der Waals surface area (Å²) >= 11 is 0. The molecule has 1 rings (SSSR count). The molecule has 0 aromatic rings. The second-order valence-electron chi connectivity index (χ2n) is 6.76. The average molecular weight is 241 g/mol. The van der Waals surface area contributed by atoms with E-state index in [1.54, 1.807) is 7.11 Å². The fourth-order valence-electron chi connectivity index (χ4n) is 3.51. The van der Waals surface area contributed by atoms with Crippen molar-refractivity contribution in [3.05, 3.63) is 0 Å². The predicted molar refractivity (Wildman–Crippen MR) is 74.2 cm³/mol. The first-order valence-corrected chi connectivity index (χ1v) is 7.03. The van der Waals surface area contributed by atoms with E-state index in [2.05, 4.69) is 46.9 Å². The van der Waals surface area contributed by atoms with Gasteiger partial charge in [-0.25, -0.2) is 0 Å². The molecule has 1 saturated carbocycles. The molecule has 0 bridgehead atoms. The van der Waals surface area contributed by atoms with Gasteiger partial charge < -0.3 is 10.1 Å². The van der Waals surface area contributed by atoms with Crippen molar-refractivity contribution in [3.63, 3.8) is 0 Å². The molecule has 0 aromatic heterocycles. The summed E-state index contributed by atoms with van der Waals surface area (Å²) in [4.78, 5) is 0. The second kappa shape index (κ2) is 5.27. The Labute approximate surface area is 108 Å². The molecule has 2 atom stereocenters. The van der Waals surface area contributed by atoms with Crippen LogP contribution in [0.5, 0.6) is 0 Å². The van der Waals surface area contributed by atoms with Crippen molar-refractivity contribution in [3.8, 4) is 0 Å². The first kappa shape index (κ1) is 15.0. The van der Waals surface area contributed by atoms with E-state index in [-0.39, 0.29) is 0 Å². The Kier molecular flexibility index (Phi) is 4.65. The molecule has 0 spiro atoms. The van der Waals surface area contributed by atoms with Crippen LogP contribution in [0.2, 0.25) is 0 Å². The zero-order chi connectivity index (χ0) is 13.3. The summed E-state index contributed by atoms with van der Waals surface area (Å²) in [6.45, 7) is 16.1. The molecular weight excluding hydrogens is 210 g/mol. The van der Waals surface area contributed by atoms with Gasteiger partial charge in [-0.1, -0.05) is 41.5 Å². The Morgan fingerprint density at radius 1 is 1.18 bits per heavy atom. The minimum absolute atomic E-state index is 0.459. The van der Waals surface area contributed by atoms with Crippen LogP contribution in [0.3, 0.4) is 0 Å². The minimum Gasteiger partial charge on any atom is -0.385 e. The summed E-state index contributed by atoms with van der Waals surface area (Å²) in [5.74, 6) is 1.46. The number of ether oxygens (including phenoxy) is 1. The SMILES string of the molecule is CCNC(C(C)CCOC)C1C(C)(C)C1(C)C. The van der Waals surface area contributed by atoms with Crippen molar-refractivity contribution in [1.29, 1.82) is 0 Å². The largest absolute Gasteiger partial charge is 0.385 e. The molecule has 0 amide bonds. The molecule has 17 heavy (non-hydrogen) atoms. The molecule has 0 radical (unpaired) electrons. The van der Waals surface area contributed by atoms with Crippen molar-refractivity contribution >= 4 is 0 Å². The third-order valence-corrected chi connectivity index (χ3v) is 5.32. The van der Waals surface area contributed by atoms with E-state index in [0.29, 0.717) is 22.8 Å². The molecule has 0 saturated heterocycles. The van der Waals surface area contributed by atoms with Gasteiger partial charge in [0, 0.05) is 19.8 Å². The minimum atomic E-state index is 0.459. The van der Waals surface area contributed by atoms with E-state index in [9.17, 15) is 0 Å². The Morgan fingerprint density at radius 2 is 1.71 bits per heavy atom. The molecule has 2 unspecified atom stereocenters. The Morgan fingerprint density at radius 3 is 2.06 bits per heavy atom.